The number of nitrogen functional groups attached to an aromatic ring is 1. The Balaban J connectivity index is 2.60. The summed E-state index contributed by atoms with van der Waals surface area (Å²) in [5, 5.41) is 8.89. The second-order valence-electron chi connectivity index (χ2n) is 4.30. The standard InChI is InChI=1S/C14H9F3N2O3/c15-14(16,17)9-4-2-1-3-7(9)12(20)8-5-6-19-11(10(8)18)13(21)22/h1-6H,18H2,(H,21,22). The van der Waals surface area contributed by atoms with Crippen LogP contribution in [0.15, 0.2) is 36.5 Å². The molecule has 114 valence electrons. The van der Waals surface area contributed by atoms with Crippen molar-refractivity contribution in [3.8, 4) is 0 Å². The largest absolute Gasteiger partial charge is 0.476 e. The maximum absolute atomic E-state index is 12.9. The minimum absolute atomic E-state index is 0.343. The molecule has 2 aromatic rings. The molecule has 1 heterocycles. The molecule has 0 aliphatic rings. The highest BCUT2D eigenvalue weighted by molar-refractivity contribution is 6.14. The van der Waals surface area contributed by atoms with Crippen LogP contribution >= 0.6 is 0 Å². The third kappa shape index (κ3) is 2.76. The molecule has 1 aromatic carbocycles. The van der Waals surface area contributed by atoms with Crippen molar-refractivity contribution in [2.24, 2.45) is 0 Å². The average Bonchev–Trinajstić information content (AvgIpc) is 2.45. The lowest BCUT2D eigenvalue weighted by Crippen LogP contribution is -2.16. The first-order valence-corrected chi connectivity index (χ1v) is 5.92. The molecule has 5 nitrogen and oxygen atoms in total. The van der Waals surface area contributed by atoms with Gasteiger partial charge in [-0.05, 0) is 12.1 Å². The van der Waals surface area contributed by atoms with Crippen LogP contribution in [0.5, 0.6) is 0 Å². The predicted octanol–water partition coefficient (Wildman–Crippen LogP) is 2.61. The second kappa shape index (κ2) is 5.47. The first-order valence-electron chi connectivity index (χ1n) is 5.92. The summed E-state index contributed by atoms with van der Waals surface area (Å²) in [6.45, 7) is 0. The van der Waals surface area contributed by atoms with E-state index in [1.165, 1.54) is 6.07 Å². The van der Waals surface area contributed by atoms with Crippen molar-refractivity contribution in [1.82, 2.24) is 4.98 Å². The molecular formula is C14H9F3N2O3. The molecule has 0 amide bonds. The van der Waals surface area contributed by atoms with Crippen molar-refractivity contribution in [2.75, 3.05) is 5.73 Å². The fraction of sp³-hybridized carbons (Fsp3) is 0.0714. The number of carbonyl (C=O) groups is 2. The van der Waals surface area contributed by atoms with Gasteiger partial charge < -0.3 is 10.8 Å². The minimum atomic E-state index is -4.72. The van der Waals surface area contributed by atoms with E-state index >= 15 is 0 Å². The zero-order valence-corrected chi connectivity index (χ0v) is 10.9. The Bertz CT molecular complexity index is 757. The number of nitrogens with two attached hydrogens (primary N) is 1. The third-order valence-electron chi connectivity index (χ3n) is 2.91. The Morgan fingerprint density at radius 3 is 2.32 bits per heavy atom. The molecule has 0 unspecified atom stereocenters. The van der Waals surface area contributed by atoms with E-state index in [1.54, 1.807) is 0 Å². The number of carboxylic acids is 1. The molecule has 1 aromatic heterocycles. The molecule has 0 saturated carbocycles. The van der Waals surface area contributed by atoms with Crippen LogP contribution in [0.2, 0.25) is 0 Å². The van der Waals surface area contributed by atoms with Crippen molar-refractivity contribution in [1.29, 1.82) is 0 Å². The highest BCUT2D eigenvalue weighted by atomic mass is 19.4. The van der Waals surface area contributed by atoms with Crippen LogP contribution in [0.4, 0.5) is 18.9 Å². The fourth-order valence-electron chi connectivity index (χ4n) is 1.92. The molecule has 0 fully saturated rings. The molecule has 0 spiro atoms. The second-order valence-corrected chi connectivity index (χ2v) is 4.30. The number of aromatic carboxylic acids is 1. The summed E-state index contributed by atoms with van der Waals surface area (Å²) in [6.07, 6.45) is -3.72. The van der Waals surface area contributed by atoms with Gasteiger partial charge in [0.05, 0.1) is 11.3 Å². The molecule has 0 atom stereocenters. The number of benzene rings is 1. The van der Waals surface area contributed by atoms with E-state index in [-0.39, 0.29) is 5.56 Å². The quantitative estimate of drug-likeness (QED) is 0.850. The van der Waals surface area contributed by atoms with Crippen molar-refractivity contribution in [2.45, 2.75) is 6.18 Å². The monoisotopic (exact) mass is 310 g/mol. The number of alkyl halides is 3. The van der Waals surface area contributed by atoms with E-state index < -0.39 is 40.4 Å². The van der Waals surface area contributed by atoms with Gasteiger partial charge in [0.25, 0.3) is 0 Å². The Hall–Kier alpha value is -2.90. The summed E-state index contributed by atoms with van der Waals surface area (Å²) in [6, 6.07) is 5.28. The topological polar surface area (TPSA) is 93.3 Å². The molecule has 0 saturated heterocycles. The maximum Gasteiger partial charge on any atom is 0.417 e. The summed E-state index contributed by atoms with van der Waals surface area (Å²) in [4.78, 5) is 26.7. The summed E-state index contributed by atoms with van der Waals surface area (Å²) in [5.74, 6) is -2.49. The number of carboxylic acid groups (broad SMARTS) is 1. The average molecular weight is 310 g/mol. The van der Waals surface area contributed by atoms with Crippen molar-refractivity contribution >= 4 is 17.4 Å². The van der Waals surface area contributed by atoms with E-state index in [2.05, 4.69) is 4.98 Å². The fourth-order valence-corrected chi connectivity index (χ4v) is 1.92. The van der Waals surface area contributed by atoms with E-state index in [4.69, 9.17) is 10.8 Å². The van der Waals surface area contributed by atoms with Crippen LogP contribution < -0.4 is 5.73 Å². The van der Waals surface area contributed by atoms with Crippen LogP contribution in [0.3, 0.4) is 0 Å². The number of rotatable bonds is 3. The lowest BCUT2D eigenvalue weighted by molar-refractivity contribution is -0.137. The number of pyridine rings is 1. The number of anilines is 1. The Morgan fingerprint density at radius 1 is 1.09 bits per heavy atom. The molecule has 3 N–H and O–H groups in total. The van der Waals surface area contributed by atoms with Crippen LogP contribution in [0.25, 0.3) is 0 Å². The summed E-state index contributed by atoms with van der Waals surface area (Å²) in [7, 11) is 0. The minimum Gasteiger partial charge on any atom is -0.476 e. The Labute approximate surface area is 122 Å². The Kier molecular flexibility index (Phi) is 3.85. The maximum atomic E-state index is 12.9. The van der Waals surface area contributed by atoms with Gasteiger partial charge >= 0.3 is 12.1 Å². The van der Waals surface area contributed by atoms with Crippen LogP contribution in [0, 0.1) is 0 Å². The van der Waals surface area contributed by atoms with Gasteiger partial charge in [-0.15, -0.1) is 0 Å². The number of halogens is 3. The number of nitrogens with zero attached hydrogens (tertiary/aromatic N) is 1. The van der Waals surface area contributed by atoms with E-state index in [1.807, 2.05) is 0 Å². The van der Waals surface area contributed by atoms with Gasteiger partial charge in [0, 0.05) is 17.3 Å². The van der Waals surface area contributed by atoms with Crippen LogP contribution in [-0.2, 0) is 6.18 Å². The molecule has 0 radical (unpaired) electrons. The van der Waals surface area contributed by atoms with Gasteiger partial charge in [-0.3, -0.25) is 4.79 Å². The van der Waals surface area contributed by atoms with Crippen molar-refractivity contribution < 1.29 is 27.9 Å². The summed E-state index contributed by atoms with van der Waals surface area (Å²) >= 11 is 0. The molecule has 22 heavy (non-hydrogen) atoms. The lowest BCUT2D eigenvalue weighted by atomic mass is 9.97. The molecular weight excluding hydrogens is 301 g/mol. The van der Waals surface area contributed by atoms with E-state index in [0.717, 1.165) is 30.5 Å². The van der Waals surface area contributed by atoms with Crippen molar-refractivity contribution in [3.05, 3.63) is 58.9 Å². The highest BCUT2D eigenvalue weighted by Crippen LogP contribution is 2.33. The zero-order valence-electron chi connectivity index (χ0n) is 10.9. The predicted molar refractivity (Wildman–Crippen MR) is 70.5 cm³/mol. The number of aromatic nitrogens is 1. The number of ketones is 1. The summed E-state index contributed by atoms with van der Waals surface area (Å²) < 4.78 is 38.8. The van der Waals surface area contributed by atoms with Gasteiger partial charge in [0.15, 0.2) is 11.5 Å². The zero-order chi connectivity index (χ0) is 16.5. The normalized spacial score (nSPS) is 11.2. The van der Waals surface area contributed by atoms with Gasteiger partial charge in [0.2, 0.25) is 0 Å². The van der Waals surface area contributed by atoms with E-state index in [0.29, 0.717) is 0 Å². The number of hydrogen-bond acceptors (Lipinski definition) is 4. The van der Waals surface area contributed by atoms with Crippen LogP contribution in [0.1, 0.15) is 32.0 Å². The van der Waals surface area contributed by atoms with Crippen LogP contribution in [-0.4, -0.2) is 21.8 Å². The lowest BCUT2D eigenvalue weighted by Gasteiger charge is -2.13. The van der Waals surface area contributed by atoms with E-state index in [9.17, 15) is 22.8 Å². The highest BCUT2D eigenvalue weighted by Gasteiger charge is 2.35. The van der Waals surface area contributed by atoms with Gasteiger partial charge in [-0.25, -0.2) is 9.78 Å². The van der Waals surface area contributed by atoms with Crippen molar-refractivity contribution in [3.63, 3.8) is 0 Å². The first-order chi connectivity index (χ1) is 10.2. The molecule has 2 rings (SSSR count). The smallest absolute Gasteiger partial charge is 0.417 e. The third-order valence-corrected chi connectivity index (χ3v) is 2.91. The molecule has 0 bridgehead atoms. The van der Waals surface area contributed by atoms with Gasteiger partial charge in [0.1, 0.15) is 0 Å². The SMILES string of the molecule is Nc1c(C(=O)c2ccccc2C(F)(F)F)ccnc1C(=O)O. The first kappa shape index (κ1) is 15.5. The summed E-state index contributed by atoms with van der Waals surface area (Å²) in [5.41, 5.74) is 2.41. The molecule has 0 aliphatic heterocycles. The number of hydrogen-bond donors (Lipinski definition) is 2. The molecule has 0 aliphatic carbocycles. The number of carbonyl (C=O) groups excluding carboxylic acids is 1. The van der Waals surface area contributed by atoms with Gasteiger partial charge in [-0.1, -0.05) is 18.2 Å². The molecule has 8 heteroatoms. The Morgan fingerprint density at radius 2 is 1.73 bits per heavy atom. The van der Waals surface area contributed by atoms with Gasteiger partial charge in [-0.2, -0.15) is 13.2 Å².